The van der Waals surface area contributed by atoms with E-state index in [-0.39, 0.29) is 17.6 Å². The molecule has 5 aromatic rings. The first-order valence-electron chi connectivity index (χ1n) is 16.6. The van der Waals surface area contributed by atoms with Gasteiger partial charge in [-0.1, -0.05) is 0 Å². The molecule has 1 heterocycles. The van der Waals surface area contributed by atoms with Crippen molar-refractivity contribution in [3.63, 3.8) is 0 Å². The Morgan fingerprint density at radius 3 is 1.89 bits per heavy atom. The number of nitrogens with one attached hydrogen (secondary N) is 3. The van der Waals surface area contributed by atoms with Gasteiger partial charge in [0.1, 0.15) is 43.3 Å². The fraction of sp³-hybridized carbons (Fsp3) is 0.103. The van der Waals surface area contributed by atoms with Gasteiger partial charge in [-0.2, -0.15) is 62.3 Å². The van der Waals surface area contributed by atoms with Gasteiger partial charge in [-0.15, -0.1) is 20.5 Å². The lowest BCUT2D eigenvalue weighted by Crippen LogP contribution is -2.16. The van der Waals surface area contributed by atoms with E-state index >= 15 is 0 Å². The Balaban J connectivity index is 1.70. The summed E-state index contributed by atoms with van der Waals surface area (Å²) in [7, 11) is -30.7. The Kier molecular flexibility index (Phi) is 14.6. The van der Waals surface area contributed by atoms with Crippen LogP contribution in [0, 0.1) is 11.5 Å². The van der Waals surface area contributed by atoms with Crippen LogP contribution in [0.5, 0.6) is 5.75 Å². The van der Waals surface area contributed by atoms with Gasteiger partial charge in [0, 0.05) is 16.5 Å². The lowest BCUT2D eigenvalue weighted by molar-refractivity contribution is 0.284. The molecule has 0 aliphatic carbocycles. The van der Waals surface area contributed by atoms with Crippen LogP contribution in [0.3, 0.4) is 0 Å². The third-order valence-corrected chi connectivity index (χ3v) is 13.3. The molecule has 4 aromatic carbocycles. The lowest BCUT2D eigenvalue weighted by Gasteiger charge is -2.14. The fourth-order valence-corrected chi connectivity index (χ4v) is 9.19. The van der Waals surface area contributed by atoms with Crippen molar-refractivity contribution in [2.24, 2.45) is 20.5 Å². The highest BCUT2D eigenvalue weighted by Gasteiger charge is 2.27. The van der Waals surface area contributed by atoms with Gasteiger partial charge in [-0.3, -0.25) is 28.1 Å². The standard InChI is InChI=1S/C29H24ClN11O19S6/c30-27-35-28(32-12-31)37-29(36-27)34-14-1-6-21(63(48,49)50)20(9-14)39-41-25-23(65(54,55)56)11-17-16(26(25)42)3-5-19(33-13-62(45,46)47)24(17)40-38-18-4-2-15(10-22(18)64(51,52)53)61(43,44)8-7-60-66(57,58)59/h1-6,9-11,33,42H,7-8,13H2,(H,45,46,47)(H,48,49,50)(H,51,52,53)(H,54,55,56)(H,57,58,59)(H2,32,34,35,36,37)/b40-38+,41-39+. The smallest absolute Gasteiger partial charge is 0.397 e. The molecule has 0 spiro atoms. The average molecular weight is 1060 g/mol. The summed E-state index contributed by atoms with van der Waals surface area (Å²) in [6, 6.07) is 6.90. The average Bonchev–Trinajstić information content (AvgIpc) is 3.16. The third kappa shape index (κ3) is 13.0. The number of phenolic OH excluding ortho intramolecular Hbond substituents is 1. The highest BCUT2D eigenvalue weighted by molar-refractivity contribution is 7.91. The number of phenols is 1. The number of rotatable bonds is 18. The van der Waals surface area contributed by atoms with Gasteiger partial charge < -0.3 is 15.7 Å². The molecule has 37 heteroatoms. The van der Waals surface area contributed by atoms with E-state index in [0.29, 0.717) is 24.3 Å². The van der Waals surface area contributed by atoms with Crippen LogP contribution in [-0.4, -0.2) is 112 Å². The molecule has 9 N–H and O–H groups in total. The summed E-state index contributed by atoms with van der Waals surface area (Å²) in [6.07, 6.45) is 1.55. The van der Waals surface area contributed by atoms with Crippen molar-refractivity contribution in [1.82, 2.24) is 15.0 Å². The summed E-state index contributed by atoms with van der Waals surface area (Å²) in [5.74, 6) is -4.26. The molecule has 1 aromatic heterocycles. The summed E-state index contributed by atoms with van der Waals surface area (Å²) in [4.78, 5) is 6.88. The van der Waals surface area contributed by atoms with Gasteiger partial charge in [0.15, 0.2) is 21.8 Å². The Bertz CT molecular complexity index is 3610. The first-order valence-corrected chi connectivity index (χ1v) is 25.9. The number of benzene rings is 4. The predicted molar refractivity (Wildman–Crippen MR) is 223 cm³/mol. The van der Waals surface area contributed by atoms with E-state index in [0.717, 1.165) is 30.3 Å². The van der Waals surface area contributed by atoms with E-state index < -0.39 is 149 Å². The van der Waals surface area contributed by atoms with Crippen LogP contribution < -0.4 is 16.0 Å². The molecule has 0 fully saturated rings. The Labute approximate surface area is 376 Å². The van der Waals surface area contributed by atoms with Gasteiger partial charge in [0.25, 0.3) is 40.5 Å². The minimum atomic E-state index is -5.56. The number of nitrogens with zero attached hydrogens (tertiary/aromatic N) is 8. The molecule has 0 aliphatic rings. The highest BCUT2D eigenvalue weighted by Crippen LogP contribution is 2.47. The van der Waals surface area contributed by atoms with Crippen molar-refractivity contribution in [3.8, 4) is 11.9 Å². The SMILES string of the molecule is N#CNc1nc(Cl)nc(Nc2ccc(S(=O)(=O)O)c(/N=N/c3c(S(=O)(=O)O)cc4c(/N=N/c5ccc(S(=O)(=O)CCOS(=O)(=O)O)cc5S(=O)(=O)O)c(NCS(=O)(=O)O)ccc4c3O)c2)n1. The number of anilines is 4. The maximum Gasteiger partial charge on any atom is 0.397 e. The minimum absolute atomic E-state index is 0.113. The molecule has 352 valence electrons. The van der Waals surface area contributed by atoms with Gasteiger partial charge in [0.05, 0.1) is 22.9 Å². The maximum atomic E-state index is 12.8. The van der Waals surface area contributed by atoms with Crippen molar-refractivity contribution >= 4 is 129 Å². The lowest BCUT2D eigenvalue weighted by atomic mass is 10.1. The first-order chi connectivity index (χ1) is 30.4. The number of nitriles is 1. The minimum Gasteiger partial charge on any atom is -0.505 e. The summed E-state index contributed by atoms with van der Waals surface area (Å²) < 4.78 is 198. The number of sulfone groups is 1. The molecule has 0 atom stereocenters. The molecule has 0 unspecified atom stereocenters. The molecule has 0 saturated heterocycles. The van der Waals surface area contributed by atoms with Gasteiger partial charge in [0.2, 0.25) is 17.2 Å². The van der Waals surface area contributed by atoms with E-state index in [2.05, 4.69) is 55.5 Å². The molecule has 0 aliphatic heterocycles. The van der Waals surface area contributed by atoms with E-state index in [9.17, 15) is 73.8 Å². The molecular weight excluding hydrogens is 1030 g/mol. The zero-order valence-electron chi connectivity index (χ0n) is 31.7. The third-order valence-electron chi connectivity index (χ3n) is 7.87. The van der Waals surface area contributed by atoms with Crippen molar-refractivity contribution in [1.29, 1.82) is 5.26 Å². The molecule has 0 saturated carbocycles. The van der Waals surface area contributed by atoms with Crippen molar-refractivity contribution in [3.05, 3.63) is 59.9 Å². The number of halogens is 1. The Hall–Kier alpha value is -6.21. The zero-order chi connectivity index (χ0) is 49.2. The molecule has 0 amide bonds. The molecule has 0 bridgehead atoms. The quantitative estimate of drug-likeness (QED) is 0.0262. The Morgan fingerprint density at radius 2 is 1.29 bits per heavy atom. The number of azo groups is 2. The van der Waals surface area contributed by atoms with Crippen LogP contribution in [0.15, 0.2) is 94.6 Å². The molecule has 66 heavy (non-hydrogen) atoms. The summed E-state index contributed by atoms with van der Waals surface area (Å²) in [5.41, 5.74) is -4.06. The van der Waals surface area contributed by atoms with E-state index in [1.54, 1.807) is 6.19 Å². The zero-order valence-corrected chi connectivity index (χ0v) is 37.4. The number of fused-ring (bicyclic) bond motifs is 1. The van der Waals surface area contributed by atoms with Gasteiger partial charge in [-0.25, -0.2) is 12.6 Å². The summed E-state index contributed by atoms with van der Waals surface area (Å²) >= 11 is 5.84. The normalized spacial score (nSPS) is 13.0. The first kappa shape index (κ1) is 50.8. The van der Waals surface area contributed by atoms with E-state index in [4.69, 9.17) is 21.4 Å². The second-order valence-electron chi connectivity index (χ2n) is 12.4. The summed E-state index contributed by atoms with van der Waals surface area (Å²) in [6.45, 7) is -1.13. The van der Waals surface area contributed by atoms with Crippen LogP contribution in [0.25, 0.3) is 10.8 Å². The van der Waals surface area contributed by atoms with Crippen molar-refractivity contribution in [2.75, 3.05) is 34.2 Å². The topological polar surface area (TPSA) is 483 Å². The number of aromatic nitrogens is 3. The van der Waals surface area contributed by atoms with Gasteiger partial charge in [-0.05, 0) is 66.2 Å². The fourth-order valence-electron chi connectivity index (χ4n) is 5.20. The van der Waals surface area contributed by atoms with Crippen LogP contribution in [0.4, 0.5) is 46.0 Å². The number of aromatic hydroxyl groups is 1. The second kappa shape index (κ2) is 18.9. The maximum absolute atomic E-state index is 12.8. The highest BCUT2D eigenvalue weighted by atomic mass is 35.5. The molecular formula is C29H24ClN11O19S6. The second-order valence-corrected chi connectivity index (χ2v) is 21.5. The molecule has 30 nitrogen and oxygen atoms in total. The van der Waals surface area contributed by atoms with Gasteiger partial charge >= 0.3 is 10.4 Å². The summed E-state index contributed by atoms with van der Waals surface area (Å²) in [5, 5.41) is 40.5. The van der Waals surface area contributed by atoms with Crippen LogP contribution in [-0.2, 0) is 64.9 Å². The van der Waals surface area contributed by atoms with E-state index in [1.165, 1.54) is 0 Å². The monoisotopic (exact) mass is 1060 g/mol. The number of hydrogen-bond donors (Lipinski definition) is 9. The van der Waals surface area contributed by atoms with Crippen LogP contribution in [0.2, 0.25) is 5.28 Å². The molecule has 0 radical (unpaired) electrons. The largest absolute Gasteiger partial charge is 0.505 e. The number of hydrogen-bond acceptors (Lipinski definition) is 25. The van der Waals surface area contributed by atoms with Crippen LogP contribution >= 0.6 is 11.6 Å². The van der Waals surface area contributed by atoms with Crippen molar-refractivity contribution in [2.45, 2.75) is 19.6 Å². The Morgan fingerprint density at radius 1 is 0.667 bits per heavy atom. The predicted octanol–water partition coefficient (Wildman–Crippen LogP) is 3.44. The molecule has 5 rings (SSSR count). The van der Waals surface area contributed by atoms with E-state index in [1.807, 2.05) is 0 Å². The van der Waals surface area contributed by atoms with Crippen LogP contribution in [0.1, 0.15) is 0 Å². The van der Waals surface area contributed by atoms with Crippen molar-refractivity contribution < 1.29 is 82.6 Å².